The summed E-state index contributed by atoms with van der Waals surface area (Å²) >= 11 is 1.55. The molecule has 26 heavy (non-hydrogen) atoms. The zero-order chi connectivity index (χ0) is 17.9. The summed E-state index contributed by atoms with van der Waals surface area (Å²) in [6.07, 6.45) is 7.87. The molecule has 1 aliphatic rings. The second-order valence-corrected chi connectivity index (χ2v) is 7.49. The molecule has 0 unspecified atom stereocenters. The summed E-state index contributed by atoms with van der Waals surface area (Å²) in [5.74, 6) is -0.175. The van der Waals surface area contributed by atoms with Gasteiger partial charge in [0.15, 0.2) is 0 Å². The molecule has 130 valence electrons. The van der Waals surface area contributed by atoms with E-state index in [4.69, 9.17) is 0 Å². The normalized spacial score (nSPS) is 13.0. The Hall–Kier alpha value is -2.91. The van der Waals surface area contributed by atoms with E-state index >= 15 is 0 Å². The first kappa shape index (κ1) is 16.6. The van der Waals surface area contributed by atoms with Gasteiger partial charge in [0.25, 0.3) is 5.91 Å². The minimum Gasteiger partial charge on any atom is -0.312 e. The largest absolute Gasteiger partial charge is 0.312 e. The molecule has 0 spiro atoms. The Bertz CT molecular complexity index is 965. The third-order valence-corrected chi connectivity index (χ3v) is 5.84. The Morgan fingerprint density at radius 1 is 1.27 bits per heavy atom. The second kappa shape index (κ2) is 7.14. The van der Waals surface area contributed by atoms with Crippen LogP contribution in [-0.4, -0.2) is 15.7 Å². The summed E-state index contributed by atoms with van der Waals surface area (Å²) in [7, 11) is 0. The highest BCUT2D eigenvalue weighted by molar-refractivity contribution is 7.16. The topological polar surface area (TPSA) is 70.7 Å². The number of anilines is 1. The molecule has 0 radical (unpaired) electrons. The first-order chi connectivity index (χ1) is 12.7. The Morgan fingerprint density at radius 3 is 2.81 bits per heavy atom. The number of thiophene rings is 1. The number of nitrogens with one attached hydrogen (secondary N) is 1. The molecule has 0 fully saturated rings. The van der Waals surface area contributed by atoms with Crippen molar-refractivity contribution < 1.29 is 4.79 Å². The van der Waals surface area contributed by atoms with Gasteiger partial charge >= 0.3 is 0 Å². The summed E-state index contributed by atoms with van der Waals surface area (Å²) in [6.45, 7) is 0.672. The van der Waals surface area contributed by atoms with Crippen LogP contribution in [-0.2, 0) is 19.4 Å². The van der Waals surface area contributed by atoms with Gasteiger partial charge in [-0.25, -0.2) is 0 Å². The zero-order valence-corrected chi connectivity index (χ0v) is 15.1. The number of aromatic nitrogens is 2. The molecule has 0 aliphatic heterocycles. The van der Waals surface area contributed by atoms with Gasteiger partial charge in [0, 0.05) is 22.8 Å². The van der Waals surface area contributed by atoms with Gasteiger partial charge in [-0.15, -0.1) is 11.3 Å². The highest BCUT2D eigenvalue weighted by Gasteiger charge is 2.22. The van der Waals surface area contributed by atoms with E-state index in [-0.39, 0.29) is 5.91 Å². The van der Waals surface area contributed by atoms with Gasteiger partial charge in [-0.05, 0) is 55.0 Å². The molecule has 1 N–H and O–H groups in total. The van der Waals surface area contributed by atoms with Crippen molar-refractivity contribution in [2.75, 3.05) is 5.32 Å². The lowest BCUT2D eigenvalue weighted by Gasteiger charge is -2.09. The highest BCUT2D eigenvalue weighted by atomic mass is 32.1. The predicted octanol–water partition coefficient (Wildman–Crippen LogP) is 4.00. The average molecular weight is 362 g/mol. The van der Waals surface area contributed by atoms with Crippen molar-refractivity contribution in [3.8, 4) is 6.07 Å². The van der Waals surface area contributed by atoms with E-state index in [1.807, 2.05) is 41.2 Å². The highest BCUT2D eigenvalue weighted by Crippen LogP contribution is 2.37. The fourth-order valence-electron chi connectivity index (χ4n) is 3.29. The number of amides is 1. The lowest BCUT2D eigenvalue weighted by Crippen LogP contribution is -2.12. The van der Waals surface area contributed by atoms with Crippen LogP contribution < -0.4 is 5.32 Å². The van der Waals surface area contributed by atoms with Crippen LogP contribution in [0, 0.1) is 11.3 Å². The van der Waals surface area contributed by atoms with Crippen molar-refractivity contribution in [2.24, 2.45) is 0 Å². The molecule has 0 atom stereocenters. The molecular weight excluding hydrogens is 344 g/mol. The zero-order valence-electron chi connectivity index (χ0n) is 14.2. The Balaban J connectivity index is 1.50. The molecule has 6 heteroatoms. The van der Waals surface area contributed by atoms with Crippen LogP contribution in [0.4, 0.5) is 5.00 Å². The van der Waals surface area contributed by atoms with E-state index in [0.29, 0.717) is 22.7 Å². The summed E-state index contributed by atoms with van der Waals surface area (Å²) < 4.78 is 1.84. The third-order valence-electron chi connectivity index (χ3n) is 4.63. The maximum atomic E-state index is 12.6. The number of aryl methyl sites for hydroxylation is 1. The fraction of sp³-hybridized carbons (Fsp3) is 0.250. The second-order valence-electron chi connectivity index (χ2n) is 6.38. The maximum absolute atomic E-state index is 12.6. The first-order valence-corrected chi connectivity index (χ1v) is 9.48. The lowest BCUT2D eigenvalue weighted by molar-refractivity contribution is 0.102. The predicted molar refractivity (Wildman–Crippen MR) is 101 cm³/mol. The van der Waals surface area contributed by atoms with Crippen molar-refractivity contribution >= 4 is 22.2 Å². The van der Waals surface area contributed by atoms with Gasteiger partial charge in [0.1, 0.15) is 11.1 Å². The molecule has 0 bridgehead atoms. The van der Waals surface area contributed by atoms with Gasteiger partial charge in [0.2, 0.25) is 0 Å². The van der Waals surface area contributed by atoms with E-state index in [2.05, 4.69) is 16.5 Å². The Labute approximate surface area is 155 Å². The molecule has 1 aliphatic carbocycles. The molecule has 5 nitrogen and oxygen atoms in total. The molecule has 4 rings (SSSR count). The molecule has 0 saturated heterocycles. The lowest BCUT2D eigenvalue weighted by atomic mass is 9.96. The van der Waals surface area contributed by atoms with Gasteiger partial charge in [-0.2, -0.15) is 10.4 Å². The van der Waals surface area contributed by atoms with Crippen molar-refractivity contribution in [1.82, 2.24) is 9.78 Å². The van der Waals surface area contributed by atoms with E-state index in [0.717, 1.165) is 36.8 Å². The number of carbonyl (C=O) groups is 1. The van der Waals surface area contributed by atoms with Crippen molar-refractivity contribution in [2.45, 2.75) is 32.2 Å². The van der Waals surface area contributed by atoms with Crippen LogP contribution in [0.15, 0.2) is 42.7 Å². The third kappa shape index (κ3) is 3.26. The van der Waals surface area contributed by atoms with Gasteiger partial charge in [-0.1, -0.05) is 12.1 Å². The molecule has 1 amide bonds. The average Bonchev–Trinajstić information content (AvgIpc) is 3.29. The van der Waals surface area contributed by atoms with Crippen LogP contribution in [0.1, 0.15) is 44.8 Å². The monoisotopic (exact) mass is 362 g/mol. The van der Waals surface area contributed by atoms with Crippen LogP contribution in [0.5, 0.6) is 0 Å². The van der Waals surface area contributed by atoms with E-state index in [1.165, 1.54) is 4.88 Å². The summed E-state index contributed by atoms with van der Waals surface area (Å²) in [6, 6.07) is 11.7. The van der Waals surface area contributed by atoms with E-state index in [9.17, 15) is 10.1 Å². The number of fused-ring (bicyclic) bond motifs is 1. The maximum Gasteiger partial charge on any atom is 0.256 e. The molecule has 3 aromatic rings. The van der Waals surface area contributed by atoms with E-state index in [1.54, 1.807) is 17.5 Å². The Kier molecular flexibility index (Phi) is 4.55. The number of nitrogens with zero attached hydrogens (tertiary/aromatic N) is 3. The van der Waals surface area contributed by atoms with Crippen LogP contribution in [0.2, 0.25) is 0 Å². The van der Waals surface area contributed by atoms with Crippen LogP contribution in [0.3, 0.4) is 0 Å². The summed E-state index contributed by atoms with van der Waals surface area (Å²) in [4.78, 5) is 13.8. The minimum atomic E-state index is -0.175. The minimum absolute atomic E-state index is 0.175. The molecular formula is C20H18N4OS. The molecule has 0 saturated carbocycles. The van der Waals surface area contributed by atoms with Crippen molar-refractivity contribution in [3.63, 3.8) is 0 Å². The van der Waals surface area contributed by atoms with Gasteiger partial charge in [0.05, 0.1) is 12.1 Å². The first-order valence-electron chi connectivity index (χ1n) is 8.67. The van der Waals surface area contributed by atoms with Crippen LogP contribution >= 0.6 is 11.3 Å². The number of hydrogen-bond donors (Lipinski definition) is 1. The standard InChI is InChI=1S/C20H18N4OS/c21-12-17-16-4-1-2-5-18(16)26-20(17)23-19(25)15-8-6-14(7-9-15)13-24-11-3-10-22-24/h3,6-11H,1-2,4-5,13H2,(H,23,25). The smallest absolute Gasteiger partial charge is 0.256 e. The summed E-state index contributed by atoms with van der Waals surface area (Å²) in [5.41, 5.74) is 3.45. The quantitative estimate of drug-likeness (QED) is 0.763. The Morgan fingerprint density at radius 2 is 2.08 bits per heavy atom. The SMILES string of the molecule is N#Cc1c(NC(=O)c2ccc(Cn3cccn3)cc2)sc2c1CCCC2. The molecule has 2 aromatic heterocycles. The summed E-state index contributed by atoms with van der Waals surface area (Å²) in [5, 5.41) is 17.3. The number of carbonyl (C=O) groups excluding carboxylic acids is 1. The van der Waals surface area contributed by atoms with E-state index < -0.39 is 0 Å². The van der Waals surface area contributed by atoms with Gasteiger partial charge in [-0.3, -0.25) is 9.48 Å². The number of rotatable bonds is 4. The van der Waals surface area contributed by atoms with Crippen molar-refractivity contribution in [3.05, 3.63) is 69.9 Å². The number of hydrogen-bond acceptors (Lipinski definition) is 4. The number of nitriles is 1. The molecule has 2 heterocycles. The van der Waals surface area contributed by atoms with Crippen LogP contribution in [0.25, 0.3) is 0 Å². The molecule has 1 aromatic carbocycles. The number of benzene rings is 1. The van der Waals surface area contributed by atoms with Gasteiger partial charge < -0.3 is 5.32 Å². The van der Waals surface area contributed by atoms with Crippen molar-refractivity contribution in [1.29, 1.82) is 5.26 Å². The fourth-order valence-corrected chi connectivity index (χ4v) is 4.52.